The topological polar surface area (TPSA) is 21.3 Å². The van der Waals surface area contributed by atoms with Gasteiger partial charge in [-0.3, -0.25) is 0 Å². The fourth-order valence-corrected chi connectivity index (χ4v) is 2.29. The SMILES string of the molecule is Cc1ccc(COCC2CCNCC2)cc1C. The van der Waals surface area contributed by atoms with E-state index in [0.717, 1.165) is 32.2 Å². The molecule has 0 aromatic heterocycles. The monoisotopic (exact) mass is 233 g/mol. The maximum Gasteiger partial charge on any atom is 0.0717 e. The first-order chi connectivity index (χ1) is 8.25. The summed E-state index contributed by atoms with van der Waals surface area (Å²) in [5.74, 6) is 0.753. The third kappa shape index (κ3) is 3.83. The highest BCUT2D eigenvalue weighted by Crippen LogP contribution is 2.14. The molecule has 0 aliphatic carbocycles. The Bertz CT molecular complexity index is 356. The quantitative estimate of drug-likeness (QED) is 0.863. The second kappa shape index (κ2) is 6.18. The smallest absolute Gasteiger partial charge is 0.0717 e. The zero-order valence-electron chi connectivity index (χ0n) is 11.0. The van der Waals surface area contributed by atoms with E-state index in [4.69, 9.17) is 4.74 Å². The van der Waals surface area contributed by atoms with Crippen LogP contribution in [0.25, 0.3) is 0 Å². The third-order valence-electron chi connectivity index (χ3n) is 3.65. The first kappa shape index (κ1) is 12.6. The molecule has 2 rings (SSSR count). The van der Waals surface area contributed by atoms with Crippen molar-refractivity contribution in [3.05, 3.63) is 34.9 Å². The largest absolute Gasteiger partial charge is 0.376 e. The summed E-state index contributed by atoms with van der Waals surface area (Å²) in [6.07, 6.45) is 2.51. The minimum atomic E-state index is 0.753. The number of hydrogen-bond donors (Lipinski definition) is 1. The molecule has 1 aliphatic heterocycles. The molecule has 0 bridgehead atoms. The van der Waals surface area contributed by atoms with Crippen molar-refractivity contribution in [2.75, 3.05) is 19.7 Å². The van der Waals surface area contributed by atoms with Crippen molar-refractivity contribution in [1.82, 2.24) is 5.32 Å². The molecular formula is C15H23NO. The van der Waals surface area contributed by atoms with Gasteiger partial charge in [0, 0.05) is 6.61 Å². The Morgan fingerprint density at radius 3 is 2.65 bits per heavy atom. The van der Waals surface area contributed by atoms with E-state index >= 15 is 0 Å². The van der Waals surface area contributed by atoms with E-state index in [1.54, 1.807) is 0 Å². The Labute approximate surface area is 104 Å². The minimum absolute atomic E-state index is 0.753. The van der Waals surface area contributed by atoms with Gasteiger partial charge in [-0.1, -0.05) is 18.2 Å². The van der Waals surface area contributed by atoms with Gasteiger partial charge >= 0.3 is 0 Å². The van der Waals surface area contributed by atoms with E-state index in [0.29, 0.717) is 0 Å². The van der Waals surface area contributed by atoms with Crippen molar-refractivity contribution in [1.29, 1.82) is 0 Å². The molecule has 0 spiro atoms. The first-order valence-corrected chi connectivity index (χ1v) is 6.60. The Hall–Kier alpha value is -0.860. The summed E-state index contributed by atoms with van der Waals surface area (Å²) in [4.78, 5) is 0. The Balaban J connectivity index is 1.75. The van der Waals surface area contributed by atoms with Crippen LogP contribution in [-0.2, 0) is 11.3 Å². The van der Waals surface area contributed by atoms with E-state index in [9.17, 15) is 0 Å². The van der Waals surface area contributed by atoms with Crippen LogP contribution in [-0.4, -0.2) is 19.7 Å². The van der Waals surface area contributed by atoms with Crippen LogP contribution < -0.4 is 5.32 Å². The molecule has 17 heavy (non-hydrogen) atoms. The molecule has 1 N–H and O–H groups in total. The third-order valence-corrected chi connectivity index (χ3v) is 3.65. The van der Waals surface area contributed by atoms with Gasteiger partial charge in [-0.25, -0.2) is 0 Å². The highest BCUT2D eigenvalue weighted by atomic mass is 16.5. The molecule has 1 fully saturated rings. The Morgan fingerprint density at radius 1 is 1.18 bits per heavy atom. The summed E-state index contributed by atoms with van der Waals surface area (Å²) >= 11 is 0. The molecule has 0 radical (unpaired) electrons. The predicted molar refractivity (Wildman–Crippen MR) is 71.2 cm³/mol. The van der Waals surface area contributed by atoms with E-state index in [-0.39, 0.29) is 0 Å². The van der Waals surface area contributed by atoms with Crippen molar-refractivity contribution in [3.8, 4) is 0 Å². The molecule has 1 aromatic rings. The van der Waals surface area contributed by atoms with Crippen molar-refractivity contribution in [2.24, 2.45) is 5.92 Å². The standard InChI is InChI=1S/C15H23NO/c1-12-3-4-15(9-13(12)2)11-17-10-14-5-7-16-8-6-14/h3-4,9,14,16H,5-8,10-11H2,1-2H3. The van der Waals surface area contributed by atoms with E-state index < -0.39 is 0 Å². The molecule has 2 heteroatoms. The van der Waals surface area contributed by atoms with Crippen LogP contribution in [0.3, 0.4) is 0 Å². The van der Waals surface area contributed by atoms with Crippen LogP contribution in [0.2, 0.25) is 0 Å². The number of hydrogen-bond acceptors (Lipinski definition) is 2. The lowest BCUT2D eigenvalue weighted by molar-refractivity contribution is 0.0763. The highest BCUT2D eigenvalue weighted by molar-refractivity contribution is 5.29. The summed E-state index contributed by atoms with van der Waals surface area (Å²) in [5, 5.41) is 3.38. The number of rotatable bonds is 4. The van der Waals surface area contributed by atoms with Gasteiger partial charge in [0.15, 0.2) is 0 Å². The van der Waals surface area contributed by atoms with Crippen LogP contribution in [0.5, 0.6) is 0 Å². The van der Waals surface area contributed by atoms with Gasteiger partial charge in [0.2, 0.25) is 0 Å². The van der Waals surface area contributed by atoms with Crippen molar-refractivity contribution in [3.63, 3.8) is 0 Å². The molecule has 1 saturated heterocycles. The maximum atomic E-state index is 5.83. The number of benzene rings is 1. The fourth-order valence-electron chi connectivity index (χ4n) is 2.29. The second-order valence-corrected chi connectivity index (χ2v) is 5.13. The number of ether oxygens (including phenoxy) is 1. The van der Waals surface area contributed by atoms with Gasteiger partial charge in [0.25, 0.3) is 0 Å². The summed E-state index contributed by atoms with van der Waals surface area (Å²) in [6, 6.07) is 6.58. The van der Waals surface area contributed by atoms with Crippen LogP contribution in [0.1, 0.15) is 29.5 Å². The summed E-state index contributed by atoms with van der Waals surface area (Å²) < 4.78 is 5.83. The van der Waals surface area contributed by atoms with Gasteiger partial charge in [-0.05, 0) is 62.4 Å². The average Bonchev–Trinajstić information content (AvgIpc) is 2.35. The van der Waals surface area contributed by atoms with E-state index in [2.05, 4.69) is 37.4 Å². The minimum Gasteiger partial charge on any atom is -0.376 e. The summed E-state index contributed by atoms with van der Waals surface area (Å²) in [7, 11) is 0. The predicted octanol–water partition coefficient (Wildman–Crippen LogP) is 2.82. The molecule has 94 valence electrons. The number of aryl methyl sites for hydroxylation is 2. The van der Waals surface area contributed by atoms with Crippen molar-refractivity contribution in [2.45, 2.75) is 33.3 Å². The Kier molecular flexibility index (Phi) is 4.57. The highest BCUT2D eigenvalue weighted by Gasteiger charge is 2.12. The van der Waals surface area contributed by atoms with Gasteiger partial charge in [0.1, 0.15) is 0 Å². The molecule has 0 atom stereocenters. The van der Waals surface area contributed by atoms with E-state index in [1.165, 1.54) is 29.5 Å². The number of piperidine rings is 1. The van der Waals surface area contributed by atoms with Crippen LogP contribution in [0, 0.1) is 19.8 Å². The average molecular weight is 233 g/mol. The first-order valence-electron chi connectivity index (χ1n) is 6.60. The van der Waals surface area contributed by atoms with Gasteiger partial charge in [-0.2, -0.15) is 0 Å². The molecule has 2 nitrogen and oxygen atoms in total. The normalized spacial score (nSPS) is 17.3. The zero-order valence-corrected chi connectivity index (χ0v) is 11.0. The van der Waals surface area contributed by atoms with Crippen LogP contribution in [0.4, 0.5) is 0 Å². The van der Waals surface area contributed by atoms with Gasteiger partial charge in [-0.15, -0.1) is 0 Å². The molecule has 0 unspecified atom stereocenters. The lowest BCUT2D eigenvalue weighted by atomic mass is 9.99. The van der Waals surface area contributed by atoms with Gasteiger partial charge < -0.3 is 10.1 Å². The molecule has 1 aliphatic rings. The lowest BCUT2D eigenvalue weighted by Gasteiger charge is -2.22. The summed E-state index contributed by atoms with van der Waals surface area (Å²) in [6.45, 7) is 8.27. The van der Waals surface area contributed by atoms with E-state index in [1.807, 2.05) is 0 Å². The molecule has 0 amide bonds. The summed E-state index contributed by atoms with van der Waals surface area (Å²) in [5.41, 5.74) is 4.00. The molecule has 0 saturated carbocycles. The number of nitrogens with one attached hydrogen (secondary N) is 1. The zero-order chi connectivity index (χ0) is 12.1. The molecule has 1 heterocycles. The maximum absolute atomic E-state index is 5.83. The van der Waals surface area contributed by atoms with Gasteiger partial charge in [0.05, 0.1) is 6.61 Å². The van der Waals surface area contributed by atoms with Crippen molar-refractivity contribution < 1.29 is 4.74 Å². The molecular weight excluding hydrogens is 210 g/mol. The van der Waals surface area contributed by atoms with Crippen LogP contribution >= 0.6 is 0 Å². The second-order valence-electron chi connectivity index (χ2n) is 5.13. The van der Waals surface area contributed by atoms with Crippen LogP contribution in [0.15, 0.2) is 18.2 Å². The Morgan fingerprint density at radius 2 is 1.94 bits per heavy atom. The fraction of sp³-hybridized carbons (Fsp3) is 0.600. The lowest BCUT2D eigenvalue weighted by Crippen LogP contribution is -2.29. The van der Waals surface area contributed by atoms with Crippen molar-refractivity contribution >= 4 is 0 Å². The molecule has 1 aromatic carbocycles.